The van der Waals surface area contributed by atoms with Crippen molar-refractivity contribution in [3.05, 3.63) is 52.2 Å². The third-order valence-corrected chi connectivity index (χ3v) is 6.25. The van der Waals surface area contributed by atoms with Crippen LogP contribution in [0.3, 0.4) is 0 Å². The van der Waals surface area contributed by atoms with Gasteiger partial charge in [0.05, 0.1) is 11.4 Å². The summed E-state index contributed by atoms with van der Waals surface area (Å²) in [5.41, 5.74) is 1.70. The predicted molar refractivity (Wildman–Crippen MR) is 120 cm³/mol. The van der Waals surface area contributed by atoms with Crippen molar-refractivity contribution >= 4 is 34.7 Å². The number of carbonyl (C=O) groups is 3. The maximum Gasteiger partial charge on any atom is 0.261 e. The van der Waals surface area contributed by atoms with Crippen LogP contribution in [0.15, 0.2) is 41.8 Å². The molecule has 0 unspecified atom stereocenters. The van der Waals surface area contributed by atoms with E-state index >= 15 is 0 Å². The Morgan fingerprint density at radius 1 is 1.07 bits per heavy atom. The molecule has 1 aliphatic carbocycles. The smallest absolute Gasteiger partial charge is 0.261 e. The highest BCUT2D eigenvalue weighted by Crippen LogP contribution is 2.22. The maximum atomic E-state index is 13.0. The lowest BCUT2D eigenvalue weighted by Crippen LogP contribution is -2.47. The van der Waals surface area contributed by atoms with Gasteiger partial charge < -0.3 is 15.5 Å². The van der Waals surface area contributed by atoms with Crippen LogP contribution < -0.4 is 15.5 Å². The molecule has 1 aromatic carbocycles. The highest BCUT2D eigenvalue weighted by atomic mass is 32.1. The van der Waals surface area contributed by atoms with Crippen LogP contribution >= 0.6 is 11.3 Å². The first kappa shape index (κ1) is 22.0. The number of nitrogens with one attached hydrogen (secondary N) is 2. The Hall–Kier alpha value is -2.67. The molecule has 3 rings (SSSR count). The fraction of sp³-hybridized carbons (Fsp3) is 0.435. The third kappa shape index (κ3) is 5.92. The van der Waals surface area contributed by atoms with E-state index in [2.05, 4.69) is 10.6 Å². The highest BCUT2D eigenvalue weighted by molar-refractivity contribution is 7.12. The molecule has 30 heavy (non-hydrogen) atoms. The Balaban J connectivity index is 1.70. The summed E-state index contributed by atoms with van der Waals surface area (Å²) in [6.07, 6.45) is 6.18. The molecule has 0 radical (unpaired) electrons. The number of amides is 3. The molecule has 160 valence electrons. The second kappa shape index (κ2) is 10.9. The van der Waals surface area contributed by atoms with E-state index in [4.69, 9.17) is 0 Å². The van der Waals surface area contributed by atoms with E-state index in [1.807, 2.05) is 36.6 Å². The topological polar surface area (TPSA) is 78.5 Å². The van der Waals surface area contributed by atoms with Crippen molar-refractivity contribution in [3.63, 3.8) is 0 Å². The molecule has 6 nitrogen and oxygen atoms in total. The number of hydrogen-bond donors (Lipinski definition) is 2. The van der Waals surface area contributed by atoms with E-state index in [0.717, 1.165) is 37.7 Å². The van der Waals surface area contributed by atoms with Gasteiger partial charge >= 0.3 is 0 Å². The van der Waals surface area contributed by atoms with Gasteiger partial charge in [-0.3, -0.25) is 14.4 Å². The highest BCUT2D eigenvalue weighted by Gasteiger charge is 2.24. The molecule has 1 saturated carbocycles. The van der Waals surface area contributed by atoms with Gasteiger partial charge in [0.2, 0.25) is 11.8 Å². The van der Waals surface area contributed by atoms with Crippen LogP contribution in [0.4, 0.5) is 5.69 Å². The Kier molecular flexibility index (Phi) is 8.02. The summed E-state index contributed by atoms with van der Waals surface area (Å²) in [4.78, 5) is 40.1. The van der Waals surface area contributed by atoms with Gasteiger partial charge in [-0.2, -0.15) is 0 Å². The molecule has 7 heteroatoms. The quantitative estimate of drug-likeness (QED) is 0.677. The average molecular weight is 428 g/mol. The number of anilines is 1. The van der Waals surface area contributed by atoms with Crippen LogP contribution in [0.5, 0.6) is 0 Å². The fourth-order valence-electron chi connectivity index (χ4n) is 3.79. The molecule has 3 amide bonds. The Morgan fingerprint density at radius 2 is 1.83 bits per heavy atom. The Bertz CT molecular complexity index is 860. The second-order valence-corrected chi connectivity index (χ2v) is 8.47. The summed E-state index contributed by atoms with van der Waals surface area (Å²) in [7, 11) is 0. The first-order chi connectivity index (χ1) is 14.6. The Labute approximate surface area is 181 Å². The van der Waals surface area contributed by atoms with Crippen LogP contribution in [0.2, 0.25) is 0 Å². The molecule has 0 spiro atoms. The van der Waals surface area contributed by atoms with E-state index in [0.29, 0.717) is 10.6 Å². The number of para-hydroxylation sites is 1. The van der Waals surface area contributed by atoms with E-state index < -0.39 is 0 Å². The predicted octanol–water partition coefficient (Wildman–Crippen LogP) is 3.52. The molecule has 0 atom stereocenters. The molecule has 1 heterocycles. The molecular weight excluding hydrogens is 398 g/mol. The molecular formula is C23H29N3O3S. The largest absolute Gasteiger partial charge is 0.352 e. The molecule has 1 aromatic heterocycles. The lowest BCUT2D eigenvalue weighted by Gasteiger charge is -2.27. The van der Waals surface area contributed by atoms with Crippen molar-refractivity contribution in [2.75, 3.05) is 18.0 Å². The molecule has 1 aliphatic rings. The summed E-state index contributed by atoms with van der Waals surface area (Å²) in [5, 5.41) is 7.57. The van der Waals surface area contributed by atoms with E-state index in [-0.39, 0.29) is 36.9 Å². The summed E-state index contributed by atoms with van der Waals surface area (Å²) in [6.45, 7) is 1.80. The van der Waals surface area contributed by atoms with Crippen molar-refractivity contribution in [1.82, 2.24) is 10.6 Å². The van der Waals surface area contributed by atoms with Crippen molar-refractivity contribution < 1.29 is 14.4 Å². The summed E-state index contributed by atoms with van der Waals surface area (Å²) in [5.74, 6) is -0.751. The Morgan fingerprint density at radius 3 is 2.53 bits per heavy atom. The maximum absolute atomic E-state index is 13.0. The average Bonchev–Trinajstić information content (AvgIpc) is 3.31. The SMILES string of the molecule is CCc1ccccc1N(CC(=O)NC1CCCCC1)C(=O)CNC(=O)c1cccs1. The molecule has 2 aromatic rings. The molecule has 1 fully saturated rings. The van der Waals surface area contributed by atoms with Crippen LogP contribution in [-0.4, -0.2) is 36.9 Å². The first-order valence-corrected chi connectivity index (χ1v) is 11.5. The van der Waals surface area contributed by atoms with Gasteiger partial charge in [-0.1, -0.05) is 50.5 Å². The summed E-state index contributed by atoms with van der Waals surface area (Å²) < 4.78 is 0. The fourth-order valence-corrected chi connectivity index (χ4v) is 4.43. The van der Waals surface area contributed by atoms with Crippen molar-refractivity contribution in [2.24, 2.45) is 0 Å². The molecule has 0 bridgehead atoms. The van der Waals surface area contributed by atoms with Crippen molar-refractivity contribution in [2.45, 2.75) is 51.5 Å². The van der Waals surface area contributed by atoms with Crippen LogP contribution in [-0.2, 0) is 16.0 Å². The lowest BCUT2D eigenvalue weighted by molar-refractivity contribution is -0.124. The number of carbonyl (C=O) groups excluding carboxylic acids is 3. The minimum Gasteiger partial charge on any atom is -0.352 e. The normalized spacial score (nSPS) is 14.2. The standard InChI is InChI=1S/C23H29N3O3S/c1-2-17-9-6-7-12-19(17)26(16-21(27)25-18-10-4-3-5-11-18)22(28)15-24-23(29)20-13-8-14-30-20/h6-9,12-14,18H,2-5,10-11,15-16H2,1H3,(H,24,29)(H,25,27). The van der Waals surface area contributed by atoms with E-state index in [1.54, 1.807) is 12.1 Å². The van der Waals surface area contributed by atoms with Gasteiger partial charge in [0.25, 0.3) is 5.91 Å². The van der Waals surface area contributed by atoms with E-state index in [9.17, 15) is 14.4 Å². The van der Waals surface area contributed by atoms with E-state index in [1.165, 1.54) is 22.7 Å². The van der Waals surface area contributed by atoms with Crippen LogP contribution in [0.25, 0.3) is 0 Å². The minimum absolute atomic E-state index is 0.0543. The molecule has 0 aliphatic heterocycles. The van der Waals surface area contributed by atoms with Gasteiger partial charge in [-0.05, 0) is 42.3 Å². The van der Waals surface area contributed by atoms with Gasteiger partial charge in [-0.15, -0.1) is 11.3 Å². The van der Waals surface area contributed by atoms with Gasteiger partial charge in [0.1, 0.15) is 6.54 Å². The number of rotatable bonds is 8. The number of nitrogens with zero attached hydrogens (tertiary/aromatic N) is 1. The third-order valence-electron chi connectivity index (χ3n) is 5.38. The summed E-state index contributed by atoms with van der Waals surface area (Å²) in [6, 6.07) is 11.3. The van der Waals surface area contributed by atoms with Gasteiger partial charge in [0.15, 0.2) is 0 Å². The van der Waals surface area contributed by atoms with Crippen LogP contribution in [0, 0.1) is 0 Å². The monoisotopic (exact) mass is 427 g/mol. The van der Waals surface area contributed by atoms with Gasteiger partial charge in [-0.25, -0.2) is 0 Å². The zero-order valence-corrected chi connectivity index (χ0v) is 18.2. The number of hydrogen-bond acceptors (Lipinski definition) is 4. The first-order valence-electron chi connectivity index (χ1n) is 10.6. The second-order valence-electron chi connectivity index (χ2n) is 7.52. The zero-order chi connectivity index (χ0) is 21.3. The minimum atomic E-state index is -0.306. The van der Waals surface area contributed by atoms with Crippen LogP contribution in [0.1, 0.15) is 54.3 Å². The van der Waals surface area contributed by atoms with Gasteiger partial charge in [0, 0.05) is 11.7 Å². The zero-order valence-electron chi connectivity index (χ0n) is 17.4. The molecule has 2 N–H and O–H groups in total. The number of benzene rings is 1. The summed E-state index contributed by atoms with van der Waals surface area (Å²) >= 11 is 1.32. The lowest BCUT2D eigenvalue weighted by atomic mass is 9.95. The number of aryl methyl sites for hydroxylation is 1. The van der Waals surface area contributed by atoms with Crippen molar-refractivity contribution in [3.8, 4) is 0 Å². The number of thiophene rings is 1. The molecule has 0 saturated heterocycles. The van der Waals surface area contributed by atoms with Crippen molar-refractivity contribution in [1.29, 1.82) is 0 Å².